The first kappa shape index (κ1) is 8.91. The van der Waals surface area contributed by atoms with Crippen LogP contribution in [-0.2, 0) is 9.53 Å². The van der Waals surface area contributed by atoms with Gasteiger partial charge in [0.25, 0.3) is 0 Å². The molecule has 0 aromatic carbocycles. The first-order valence-electron chi connectivity index (χ1n) is 4.10. The van der Waals surface area contributed by atoms with E-state index in [-0.39, 0.29) is 5.97 Å². The van der Waals surface area contributed by atoms with Crippen molar-refractivity contribution in [2.75, 3.05) is 12.4 Å². The van der Waals surface area contributed by atoms with Gasteiger partial charge in [-0.2, -0.15) is 11.8 Å². The zero-order chi connectivity index (χ0) is 8.10. The van der Waals surface area contributed by atoms with Gasteiger partial charge < -0.3 is 4.74 Å². The number of ether oxygens (including phenoxy) is 1. The highest BCUT2D eigenvalue weighted by Gasteiger charge is 2.23. The van der Waals surface area contributed by atoms with E-state index >= 15 is 0 Å². The van der Waals surface area contributed by atoms with E-state index < -0.39 is 0 Å². The van der Waals surface area contributed by atoms with Crippen LogP contribution in [0.25, 0.3) is 0 Å². The van der Waals surface area contributed by atoms with Crippen molar-refractivity contribution in [2.45, 2.75) is 31.4 Å². The average Bonchev–Trinajstić information content (AvgIpc) is 2.37. The molecule has 1 rings (SSSR count). The molecule has 1 unspecified atom stereocenters. The van der Waals surface area contributed by atoms with E-state index in [4.69, 9.17) is 4.74 Å². The van der Waals surface area contributed by atoms with Crippen LogP contribution < -0.4 is 0 Å². The minimum absolute atomic E-state index is 0.0287. The lowest BCUT2D eigenvalue weighted by Crippen LogP contribution is -2.01. The van der Waals surface area contributed by atoms with Gasteiger partial charge in [-0.25, -0.2) is 0 Å². The summed E-state index contributed by atoms with van der Waals surface area (Å²) in [5.74, 6) is 1.14. The van der Waals surface area contributed by atoms with Crippen LogP contribution in [0.5, 0.6) is 0 Å². The summed E-state index contributed by atoms with van der Waals surface area (Å²) in [5, 5.41) is 0.439. The van der Waals surface area contributed by atoms with E-state index in [1.165, 1.54) is 12.8 Å². The van der Waals surface area contributed by atoms with E-state index in [0.29, 0.717) is 18.3 Å². The van der Waals surface area contributed by atoms with Gasteiger partial charge in [0.1, 0.15) is 6.61 Å². The highest BCUT2D eigenvalue weighted by molar-refractivity contribution is 7.99. The molecule has 0 saturated carbocycles. The summed E-state index contributed by atoms with van der Waals surface area (Å²) in [7, 11) is 0. The second-order valence-electron chi connectivity index (χ2n) is 2.73. The summed E-state index contributed by atoms with van der Waals surface area (Å²) in [5.41, 5.74) is 0. The van der Waals surface area contributed by atoms with Crippen LogP contribution in [0.2, 0.25) is 0 Å². The molecule has 11 heavy (non-hydrogen) atoms. The molecule has 64 valence electrons. The Morgan fingerprint density at radius 3 is 3.09 bits per heavy atom. The maximum atomic E-state index is 10.7. The van der Waals surface area contributed by atoms with Gasteiger partial charge in [-0.3, -0.25) is 4.79 Å². The summed E-state index contributed by atoms with van der Waals surface area (Å²) in [6, 6.07) is 0. The zero-order valence-corrected chi connectivity index (χ0v) is 7.65. The molecule has 0 amide bonds. The monoisotopic (exact) mass is 174 g/mol. The van der Waals surface area contributed by atoms with Gasteiger partial charge in [-0.05, 0) is 12.2 Å². The summed E-state index contributed by atoms with van der Waals surface area (Å²) >= 11 is 1.87. The maximum Gasteiger partial charge on any atom is 0.307 e. The van der Waals surface area contributed by atoms with E-state index in [2.05, 4.69) is 6.92 Å². The molecule has 0 aromatic heterocycles. The fourth-order valence-electron chi connectivity index (χ4n) is 0.991. The minimum Gasteiger partial charge on any atom is -0.464 e. The molecular formula is C8H14O2S. The molecule has 0 aromatic rings. The van der Waals surface area contributed by atoms with Gasteiger partial charge in [0.05, 0.1) is 6.42 Å². The Morgan fingerprint density at radius 2 is 2.55 bits per heavy atom. The molecule has 1 atom stereocenters. The molecule has 0 radical (unpaired) electrons. The van der Waals surface area contributed by atoms with Crippen LogP contribution in [-0.4, -0.2) is 23.6 Å². The number of thioether (sulfide) groups is 1. The van der Waals surface area contributed by atoms with Crippen molar-refractivity contribution in [3.05, 3.63) is 0 Å². The number of carbonyl (C=O) groups is 1. The molecule has 1 heterocycles. The normalized spacial score (nSPS) is 23.7. The van der Waals surface area contributed by atoms with Crippen LogP contribution in [0, 0.1) is 0 Å². The van der Waals surface area contributed by atoms with Gasteiger partial charge in [0.15, 0.2) is 0 Å². The Morgan fingerprint density at radius 1 is 1.73 bits per heavy atom. The molecule has 2 nitrogen and oxygen atoms in total. The minimum atomic E-state index is -0.0287. The second kappa shape index (κ2) is 4.65. The molecule has 0 N–H and O–H groups in total. The van der Waals surface area contributed by atoms with Gasteiger partial charge in [0.2, 0.25) is 0 Å². The van der Waals surface area contributed by atoms with Crippen LogP contribution in [0.4, 0.5) is 0 Å². The Kier molecular flexibility index (Phi) is 3.77. The topological polar surface area (TPSA) is 26.3 Å². The highest BCUT2D eigenvalue weighted by atomic mass is 32.2. The average molecular weight is 174 g/mol. The summed E-state index contributed by atoms with van der Waals surface area (Å²) in [6.07, 6.45) is 3.10. The lowest BCUT2D eigenvalue weighted by molar-refractivity contribution is -0.137. The van der Waals surface area contributed by atoms with Crippen molar-refractivity contribution in [1.82, 2.24) is 0 Å². The molecule has 1 fully saturated rings. The third-order valence-corrected chi connectivity index (χ3v) is 2.97. The number of hydrogen-bond donors (Lipinski definition) is 0. The van der Waals surface area contributed by atoms with Gasteiger partial charge in [-0.1, -0.05) is 13.3 Å². The van der Waals surface area contributed by atoms with Gasteiger partial charge in [-0.15, -0.1) is 0 Å². The Balaban J connectivity index is 2.04. The lowest BCUT2D eigenvalue weighted by Gasteiger charge is -2.03. The number of cyclic esters (lactones) is 1. The summed E-state index contributed by atoms with van der Waals surface area (Å²) in [4.78, 5) is 10.7. The zero-order valence-electron chi connectivity index (χ0n) is 6.84. The van der Waals surface area contributed by atoms with Crippen molar-refractivity contribution < 1.29 is 9.53 Å². The lowest BCUT2D eigenvalue weighted by atomic mass is 10.4. The molecule has 1 saturated heterocycles. The van der Waals surface area contributed by atoms with E-state index in [0.717, 1.165) is 5.75 Å². The summed E-state index contributed by atoms with van der Waals surface area (Å²) < 4.78 is 4.84. The Bertz CT molecular complexity index is 136. The van der Waals surface area contributed by atoms with Crippen molar-refractivity contribution in [2.24, 2.45) is 0 Å². The quantitative estimate of drug-likeness (QED) is 0.480. The van der Waals surface area contributed by atoms with Gasteiger partial charge in [0, 0.05) is 5.25 Å². The van der Waals surface area contributed by atoms with Crippen LogP contribution in [0.3, 0.4) is 0 Å². The van der Waals surface area contributed by atoms with Crippen LogP contribution in [0.15, 0.2) is 0 Å². The third-order valence-electron chi connectivity index (χ3n) is 1.68. The van der Waals surface area contributed by atoms with Crippen LogP contribution in [0.1, 0.15) is 26.2 Å². The number of rotatable bonds is 4. The summed E-state index contributed by atoms with van der Waals surface area (Å²) in [6.45, 7) is 2.81. The van der Waals surface area contributed by atoms with Crippen LogP contribution >= 0.6 is 11.8 Å². The highest BCUT2D eigenvalue weighted by Crippen LogP contribution is 2.21. The van der Waals surface area contributed by atoms with Crippen molar-refractivity contribution in [3.63, 3.8) is 0 Å². The molecule has 1 aliphatic rings. The number of carbonyl (C=O) groups excluding carboxylic acids is 1. The van der Waals surface area contributed by atoms with Crippen molar-refractivity contribution in [3.8, 4) is 0 Å². The fraction of sp³-hybridized carbons (Fsp3) is 0.875. The molecule has 3 heteroatoms. The van der Waals surface area contributed by atoms with Gasteiger partial charge >= 0.3 is 5.97 Å². The number of esters is 1. The Hall–Kier alpha value is -0.180. The van der Waals surface area contributed by atoms with Crippen molar-refractivity contribution in [1.29, 1.82) is 0 Å². The van der Waals surface area contributed by atoms with Crippen molar-refractivity contribution >= 4 is 17.7 Å². The van der Waals surface area contributed by atoms with E-state index in [1.54, 1.807) is 0 Å². The molecule has 0 aliphatic carbocycles. The van der Waals surface area contributed by atoms with E-state index in [9.17, 15) is 4.79 Å². The van der Waals surface area contributed by atoms with E-state index in [1.807, 2.05) is 11.8 Å². The molecule has 0 spiro atoms. The molecular weight excluding hydrogens is 160 g/mol. The SMILES string of the molecule is CCCCSC1COC(=O)C1. The number of unbranched alkanes of at least 4 members (excludes halogenated alkanes) is 1. The number of hydrogen-bond acceptors (Lipinski definition) is 3. The molecule has 1 aliphatic heterocycles. The second-order valence-corrected chi connectivity index (χ2v) is 4.14. The molecule has 0 bridgehead atoms. The fourth-order valence-corrected chi connectivity index (χ4v) is 2.20. The Labute approximate surface area is 71.7 Å². The largest absolute Gasteiger partial charge is 0.464 e. The predicted molar refractivity (Wildman–Crippen MR) is 46.7 cm³/mol. The standard InChI is InChI=1S/C8H14O2S/c1-2-3-4-11-7-5-8(9)10-6-7/h7H,2-6H2,1H3. The maximum absolute atomic E-state index is 10.7. The first-order chi connectivity index (χ1) is 5.33. The smallest absolute Gasteiger partial charge is 0.307 e. The third kappa shape index (κ3) is 3.14. The first-order valence-corrected chi connectivity index (χ1v) is 5.15. The predicted octanol–water partition coefficient (Wildman–Crippen LogP) is 1.84.